The van der Waals surface area contributed by atoms with Gasteiger partial charge in [-0.1, -0.05) is 0 Å². The molecule has 0 aromatic heterocycles. The van der Waals surface area contributed by atoms with Crippen molar-refractivity contribution in [2.24, 2.45) is 0 Å². The molecule has 0 radical (unpaired) electrons. The van der Waals surface area contributed by atoms with Crippen molar-refractivity contribution >= 4 is 57.9 Å². The third kappa shape index (κ3) is 10.3. The van der Waals surface area contributed by atoms with Crippen molar-refractivity contribution in [1.82, 2.24) is 4.90 Å². The molecular weight excluding hydrogens is 702 g/mol. The summed E-state index contributed by atoms with van der Waals surface area (Å²) >= 11 is 0. The lowest BCUT2D eigenvalue weighted by atomic mass is 9.98. The Morgan fingerprint density at radius 1 is 0.558 bits per heavy atom. The van der Waals surface area contributed by atoms with Gasteiger partial charge >= 0.3 is 52.0 Å². The molecule has 43 heavy (non-hydrogen) atoms. The number of hydrogen-bond donors (Lipinski definition) is 5. The lowest BCUT2D eigenvalue weighted by Gasteiger charge is -2.30. The van der Waals surface area contributed by atoms with E-state index in [9.17, 15) is 46.9 Å². The highest BCUT2D eigenvalue weighted by Crippen LogP contribution is 2.42. The van der Waals surface area contributed by atoms with Crippen molar-refractivity contribution in [3.8, 4) is 28.7 Å². The first-order chi connectivity index (χ1) is 19.3. The number of nitrogens with zero attached hydrogens (tertiary/aromatic N) is 1. The van der Waals surface area contributed by atoms with Gasteiger partial charge in [-0.2, -0.15) is 42.1 Å². The summed E-state index contributed by atoms with van der Waals surface area (Å²) in [4.78, 5) is 14.2. The van der Waals surface area contributed by atoms with Gasteiger partial charge < -0.3 is 25.8 Å². The molecule has 0 saturated heterocycles. The summed E-state index contributed by atoms with van der Waals surface area (Å²) in [6, 6.07) is 2.46. The Kier molecular flexibility index (Phi) is 9.09. The summed E-state index contributed by atoms with van der Waals surface area (Å²) < 4.78 is 178. The molecule has 0 aliphatic carbocycles. The Hall–Kier alpha value is -3.54. The van der Waals surface area contributed by atoms with Crippen LogP contribution in [-0.2, 0) is 65.0 Å². The molecule has 240 valence electrons. The quantitative estimate of drug-likeness (QED) is 0.170. The van der Waals surface area contributed by atoms with Gasteiger partial charge in [0.2, 0.25) is 5.75 Å². The van der Waals surface area contributed by atoms with Crippen LogP contribution in [0.1, 0.15) is 21.5 Å². The second kappa shape index (κ2) is 11.5. The second-order valence-electron chi connectivity index (χ2n) is 7.90. The summed E-state index contributed by atoms with van der Waals surface area (Å²) in [6.07, 6.45) is -0.165. The van der Waals surface area contributed by atoms with E-state index in [1.165, 1.54) is 0 Å². The number of benzene rings is 2. The monoisotopic (exact) mass is 717 g/mol. The number of rotatable bonds is 11. The molecule has 27 heteroatoms. The number of amides is 1. The van der Waals surface area contributed by atoms with Gasteiger partial charge in [0.1, 0.15) is 0 Å². The average Bonchev–Trinajstić information content (AvgIpc) is 2.76. The molecule has 5 N–H and O–H groups in total. The van der Waals surface area contributed by atoms with E-state index in [0.717, 1.165) is 17.0 Å². The van der Waals surface area contributed by atoms with Crippen LogP contribution in [0.3, 0.4) is 0 Å². The zero-order valence-corrected chi connectivity index (χ0v) is 24.3. The molecule has 2 aromatic rings. The Balaban J connectivity index is 2.12. The van der Waals surface area contributed by atoms with Gasteiger partial charge in [-0.25, -0.2) is 0 Å². The standard InChI is InChI=1S/C16H15NO21S5/c18-16(9-4-13(36-41(25,26)27)15(38-43(31,32)33)14(5-9)37-42(28,29)30)17-2-1-8-3-11(34-39(19,20)21)12(6-10(8)7-17)35-40(22,23)24/h3-6H,1-2,7H2,(H,19,20,21)(H,22,23,24)(H,25,26,27)(H,28,29,30)(H,31,32,33). The van der Waals surface area contributed by atoms with Gasteiger partial charge in [0.25, 0.3) is 5.91 Å². The van der Waals surface area contributed by atoms with Gasteiger partial charge in [0.05, 0.1) is 0 Å². The van der Waals surface area contributed by atoms with E-state index in [-0.39, 0.29) is 24.1 Å². The number of carbonyl (C=O) groups is 1. The molecule has 0 spiro atoms. The number of fused-ring (bicyclic) bond motifs is 1. The first-order valence-corrected chi connectivity index (χ1v) is 17.1. The predicted molar refractivity (Wildman–Crippen MR) is 132 cm³/mol. The summed E-state index contributed by atoms with van der Waals surface area (Å²) in [6.45, 7) is -0.781. The SMILES string of the molecule is O=C(c1cc(OS(=O)(=O)O)c(OS(=O)(=O)O)c(OS(=O)(=O)O)c1)N1CCc2cc(OS(=O)(=O)O)c(OS(=O)(=O)O)cc2C1. The Bertz CT molecular complexity index is 1960. The molecular formula is C16H15NO21S5. The van der Waals surface area contributed by atoms with E-state index >= 15 is 0 Å². The molecule has 1 heterocycles. The molecule has 0 saturated carbocycles. The highest BCUT2D eigenvalue weighted by Gasteiger charge is 2.31. The summed E-state index contributed by atoms with van der Waals surface area (Å²) in [5, 5.41) is 0. The van der Waals surface area contributed by atoms with Gasteiger partial charge in [-0.3, -0.25) is 27.6 Å². The molecule has 2 aromatic carbocycles. The van der Waals surface area contributed by atoms with Crippen molar-refractivity contribution < 1.29 is 90.6 Å². The molecule has 0 atom stereocenters. The molecule has 0 bridgehead atoms. The van der Waals surface area contributed by atoms with Crippen molar-refractivity contribution in [2.45, 2.75) is 13.0 Å². The zero-order chi connectivity index (χ0) is 32.8. The van der Waals surface area contributed by atoms with Crippen molar-refractivity contribution in [2.75, 3.05) is 6.54 Å². The Morgan fingerprint density at radius 3 is 1.33 bits per heavy atom. The van der Waals surface area contributed by atoms with Crippen LogP contribution in [0.25, 0.3) is 0 Å². The largest absolute Gasteiger partial charge is 0.446 e. The molecule has 0 fully saturated rings. The third-order valence-electron chi connectivity index (χ3n) is 4.80. The van der Waals surface area contributed by atoms with Crippen LogP contribution in [0.4, 0.5) is 0 Å². The lowest BCUT2D eigenvalue weighted by molar-refractivity contribution is 0.0733. The lowest BCUT2D eigenvalue weighted by Crippen LogP contribution is -2.36. The van der Waals surface area contributed by atoms with Crippen molar-refractivity contribution in [1.29, 1.82) is 0 Å². The molecule has 1 aliphatic heterocycles. The minimum absolute atomic E-state index is 0.0103. The van der Waals surface area contributed by atoms with E-state index in [2.05, 4.69) is 20.9 Å². The molecule has 1 amide bonds. The van der Waals surface area contributed by atoms with E-state index in [0.29, 0.717) is 12.1 Å². The molecule has 0 unspecified atom stereocenters. The average molecular weight is 718 g/mol. The predicted octanol–water partition coefficient (Wildman–Crippen LogP) is -1.21. The van der Waals surface area contributed by atoms with Gasteiger partial charge in [-0.15, -0.1) is 0 Å². The highest BCUT2D eigenvalue weighted by molar-refractivity contribution is 7.82. The maximum atomic E-state index is 13.3. The van der Waals surface area contributed by atoms with Crippen LogP contribution < -0.4 is 20.9 Å². The topological polar surface area (TPSA) is 338 Å². The van der Waals surface area contributed by atoms with E-state index < -0.39 is 98.8 Å². The minimum atomic E-state index is -5.60. The van der Waals surface area contributed by atoms with Crippen molar-refractivity contribution in [3.63, 3.8) is 0 Å². The third-order valence-corrected chi connectivity index (χ3v) is 6.74. The van der Waals surface area contributed by atoms with E-state index in [1.54, 1.807) is 0 Å². The zero-order valence-electron chi connectivity index (χ0n) is 20.2. The summed E-state index contributed by atoms with van der Waals surface area (Å²) in [5.74, 6) is -7.48. The summed E-state index contributed by atoms with van der Waals surface area (Å²) in [5.41, 5.74) is -0.590. The Labute approximate surface area is 242 Å². The fourth-order valence-corrected chi connectivity index (χ4v) is 5.31. The summed E-state index contributed by atoms with van der Waals surface area (Å²) in [7, 11) is -27.2. The van der Waals surface area contributed by atoms with Crippen LogP contribution in [0.15, 0.2) is 24.3 Å². The maximum Gasteiger partial charge on any atom is 0.446 e. The van der Waals surface area contributed by atoms with Gasteiger partial charge in [0, 0.05) is 18.7 Å². The van der Waals surface area contributed by atoms with Gasteiger partial charge in [-0.05, 0) is 41.8 Å². The molecule has 22 nitrogen and oxygen atoms in total. The van der Waals surface area contributed by atoms with Crippen LogP contribution >= 0.6 is 0 Å². The molecule has 3 rings (SSSR count). The van der Waals surface area contributed by atoms with Crippen LogP contribution in [0.2, 0.25) is 0 Å². The molecule has 1 aliphatic rings. The smallest absolute Gasteiger partial charge is 0.358 e. The first-order valence-electron chi connectivity index (χ1n) is 10.3. The Morgan fingerprint density at radius 2 is 0.930 bits per heavy atom. The van der Waals surface area contributed by atoms with Crippen molar-refractivity contribution in [3.05, 3.63) is 41.0 Å². The number of carbonyl (C=O) groups excluding carboxylic acids is 1. The normalized spacial score (nSPS) is 14.4. The number of hydrogen-bond acceptors (Lipinski definition) is 16. The minimum Gasteiger partial charge on any atom is -0.358 e. The highest BCUT2D eigenvalue weighted by atomic mass is 32.3. The van der Waals surface area contributed by atoms with Crippen LogP contribution in [-0.4, -0.2) is 82.2 Å². The maximum absolute atomic E-state index is 13.3. The second-order valence-corrected chi connectivity index (χ2v) is 13.0. The van der Waals surface area contributed by atoms with Crippen LogP contribution in [0.5, 0.6) is 28.7 Å². The van der Waals surface area contributed by atoms with E-state index in [1.807, 2.05) is 0 Å². The van der Waals surface area contributed by atoms with E-state index in [4.69, 9.17) is 22.8 Å². The first kappa shape index (κ1) is 34.0. The fraction of sp³-hybridized carbons (Fsp3) is 0.188. The van der Waals surface area contributed by atoms with Gasteiger partial charge in [0.15, 0.2) is 23.0 Å². The fourth-order valence-electron chi connectivity index (χ4n) is 3.52. The van der Waals surface area contributed by atoms with Crippen LogP contribution in [0, 0.1) is 0 Å².